The fourth-order valence-electron chi connectivity index (χ4n) is 1.98. The van der Waals surface area contributed by atoms with Crippen molar-refractivity contribution in [1.29, 1.82) is 0 Å². The van der Waals surface area contributed by atoms with Crippen molar-refractivity contribution in [2.75, 3.05) is 20.8 Å². The lowest BCUT2D eigenvalue weighted by molar-refractivity contribution is -0.133. The average molecular weight is 291 g/mol. The van der Waals surface area contributed by atoms with Crippen LogP contribution in [0.5, 0.6) is 5.75 Å². The number of rotatable bonds is 7. The van der Waals surface area contributed by atoms with Gasteiger partial charge in [-0.3, -0.25) is 0 Å². The molecule has 114 valence electrons. The van der Waals surface area contributed by atoms with E-state index in [1.54, 1.807) is 0 Å². The van der Waals surface area contributed by atoms with Gasteiger partial charge in [0.2, 0.25) is 0 Å². The maximum absolute atomic E-state index is 11.7. The standard InChI is InChI=1S/C16H21NO4/c1-11-4-7-14(21-10-12-5-6-12)8-13(11)9-15(17-20-3)16(18)19-2/h4,7-8,12H,5-6,9-10H2,1-3H3/b17-15+. The van der Waals surface area contributed by atoms with Gasteiger partial charge in [0.25, 0.3) is 0 Å². The third-order valence-corrected chi connectivity index (χ3v) is 3.48. The summed E-state index contributed by atoms with van der Waals surface area (Å²) >= 11 is 0. The number of methoxy groups -OCH3 is 1. The highest BCUT2D eigenvalue weighted by Gasteiger charge is 2.22. The first-order valence-electron chi connectivity index (χ1n) is 7.04. The number of carbonyl (C=O) groups excluding carboxylic acids is 1. The van der Waals surface area contributed by atoms with Crippen LogP contribution in [0.15, 0.2) is 23.4 Å². The molecule has 1 saturated carbocycles. The first-order chi connectivity index (χ1) is 10.1. The quantitative estimate of drug-likeness (QED) is 0.440. The summed E-state index contributed by atoms with van der Waals surface area (Å²) in [7, 11) is 2.74. The Hall–Kier alpha value is -2.04. The molecule has 21 heavy (non-hydrogen) atoms. The molecule has 5 nitrogen and oxygen atoms in total. The fourth-order valence-corrected chi connectivity index (χ4v) is 1.98. The van der Waals surface area contributed by atoms with Crippen LogP contribution in [-0.2, 0) is 20.8 Å². The Bertz CT molecular complexity index is 535. The number of benzene rings is 1. The highest BCUT2D eigenvalue weighted by molar-refractivity contribution is 6.36. The average Bonchev–Trinajstić information content (AvgIpc) is 3.30. The highest BCUT2D eigenvalue weighted by Crippen LogP contribution is 2.30. The summed E-state index contributed by atoms with van der Waals surface area (Å²) in [6, 6.07) is 5.89. The molecule has 0 saturated heterocycles. The Balaban J connectivity index is 2.10. The molecule has 0 unspecified atom stereocenters. The maximum Gasteiger partial charge on any atom is 0.356 e. The lowest BCUT2D eigenvalue weighted by Gasteiger charge is -2.11. The highest BCUT2D eigenvalue weighted by atomic mass is 16.6. The van der Waals surface area contributed by atoms with Crippen LogP contribution in [0.2, 0.25) is 0 Å². The molecule has 5 heteroatoms. The predicted molar refractivity (Wildman–Crippen MR) is 79.6 cm³/mol. The van der Waals surface area contributed by atoms with Gasteiger partial charge in [-0.2, -0.15) is 0 Å². The minimum absolute atomic E-state index is 0.238. The van der Waals surface area contributed by atoms with Gasteiger partial charge < -0.3 is 14.3 Å². The van der Waals surface area contributed by atoms with Gasteiger partial charge >= 0.3 is 5.97 Å². The van der Waals surface area contributed by atoms with Crippen molar-refractivity contribution in [3.8, 4) is 5.75 Å². The second-order valence-electron chi connectivity index (χ2n) is 5.23. The van der Waals surface area contributed by atoms with E-state index in [2.05, 4.69) is 5.16 Å². The molecule has 0 amide bonds. The topological polar surface area (TPSA) is 57.1 Å². The summed E-state index contributed by atoms with van der Waals surface area (Å²) < 4.78 is 10.5. The van der Waals surface area contributed by atoms with Gasteiger partial charge in [-0.25, -0.2) is 4.79 Å². The second kappa shape index (κ2) is 7.11. The van der Waals surface area contributed by atoms with E-state index >= 15 is 0 Å². The molecule has 0 spiro atoms. The fraction of sp³-hybridized carbons (Fsp3) is 0.500. The van der Waals surface area contributed by atoms with Gasteiger partial charge in [0.05, 0.1) is 13.7 Å². The molecule has 1 aliphatic rings. The number of hydrogen-bond acceptors (Lipinski definition) is 5. The van der Waals surface area contributed by atoms with Crippen LogP contribution in [0, 0.1) is 12.8 Å². The van der Waals surface area contributed by atoms with Crippen molar-refractivity contribution >= 4 is 11.7 Å². The minimum Gasteiger partial charge on any atom is -0.493 e. The Kier molecular flexibility index (Phi) is 5.20. The zero-order valence-corrected chi connectivity index (χ0v) is 12.7. The van der Waals surface area contributed by atoms with Gasteiger partial charge in [0.1, 0.15) is 12.9 Å². The summed E-state index contributed by atoms with van der Waals surface area (Å²) in [5.41, 5.74) is 2.29. The van der Waals surface area contributed by atoms with Crippen molar-refractivity contribution in [2.45, 2.75) is 26.2 Å². The van der Waals surface area contributed by atoms with E-state index in [-0.39, 0.29) is 5.71 Å². The van der Waals surface area contributed by atoms with Crippen LogP contribution in [0.4, 0.5) is 0 Å². The number of aryl methyl sites for hydroxylation is 1. The molecular formula is C16H21NO4. The molecule has 0 N–H and O–H groups in total. The van der Waals surface area contributed by atoms with Crippen LogP contribution in [0.1, 0.15) is 24.0 Å². The monoisotopic (exact) mass is 291 g/mol. The van der Waals surface area contributed by atoms with Gasteiger partial charge in [0, 0.05) is 6.42 Å². The molecule has 1 aromatic rings. The molecule has 1 aliphatic carbocycles. The van der Waals surface area contributed by atoms with Crippen molar-refractivity contribution in [1.82, 2.24) is 0 Å². The number of ether oxygens (including phenoxy) is 2. The van der Waals surface area contributed by atoms with Crippen LogP contribution in [-0.4, -0.2) is 32.5 Å². The number of esters is 1. The second-order valence-corrected chi connectivity index (χ2v) is 5.23. The van der Waals surface area contributed by atoms with Crippen molar-refractivity contribution in [3.63, 3.8) is 0 Å². The molecule has 0 aliphatic heterocycles. The molecule has 2 rings (SSSR count). The molecule has 1 fully saturated rings. The lowest BCUT2D eigenvalue weighted by Crippen LogP contribution is -2.19. The molecule has 1 aromatic carbocycles. The number of nitrogens with zero attached hydrogens (tertiary/aromatic N) is 1. The molecule has 0 aromatic heterocycles. The van der Waals surface area contributed by atoms with Gasteiger partial charge in [0.15, 0.2) is 5.71 Å². The van der Waals surface area contributed by atoms with Crippen LogP contribution in [0.3, 0.4) is 0 Å². The van der Waals surface area contributed by atoms with Crippen LogP contribution < -0.4 is 4.74 Å². The predicted octanol–water partition coefficient (Wildman–Crippen LogP) is 2.50. The van der Waals surface area contributed by atoms with Gasteiger partial charge in [-0.05, 0) is 48.9 Å². The number of oxime groups is 1. The minimum atomic E-state index is -0.486. The number of carbonyl (C=O) groups is 1. The van der Waals surface area contributed by atoms with Crippen LogP contribution in [0.25, 0.3) is 0 Å². The zero-order valence-electron chi connectivity index (χ0n) is 12.7. The normalized spacial score (nSPS) is 14.7. The van der Waals surface area contributed by atoms with E-state index in [4.69, 9.17) is 14.3 Å². The Morgan fingerprint density at radius 1 is 1.33 bits per heavy atom. The van der Waals surface area contributed by atoms with Gasteiger partial charge in [-0.1, -0.05) is 11.2 Å². The third-order valence-electron chi connectivity index (χ3n) is 3.48. The smallest absolute Gasteiger partial charge is 0.356 e. The summed E-state index contributed by atoms with van der Waals surface area (Å²) in [6.07, 6.45) is 2.87. The van der Waals surface area contributed by atoms with Crippen molar-refractivity contribution in [3.05, 3.63) is 29.3 Å². The lowest BCUT2D eigenvalue weighted by atomic mass is 10.0. The van der Waals surface area contributed by atoms with E-state index in [0.29, 0.717) is 12.3 Å². The Morgan fingerprint density at radius 3 is 2.71 bits per heavy atom. The Morgan fingerprint density at radius 2 is 2.10 bits per heavy atom. The van der Waals surface area contributed by atoms with Crippen molar-refractivity contribution < 1.29 is 19.1 Å². The summed E-state index contributed by atoms with van der Waals surface area (Å²) in [4.78, 5) is 16.4. The van der Waals surface area contributed by atoms with Crippen LogP contribution >= 0.6 is 0 Å². The summed E-state index contributed by atoms with van der Waals surface area (Å²) in [5, 5.41) is 3.75. The summed E-state index contributed by atoms with van der Waals surface area (Å²) in [5.74, 6) is 1.04. The summed E-state index contributed by atoms with van der Waals surface area (Å²) in [6.45, 7) is 2.75. The Labute approximate surface area is 124 Å². The number of hydrogen-bond donors (Lipinski definition) is 0. The molecule has 0 bridgehead atoms. The maximum atomic E-state index is 11.7. The van der Waals surface area contributed by atoms with E-state index < -0.39 is 5.97 Å². The largest absolute Gasteiger partial charge is 0.493 e. The zero-order chi connectivity index (χ0) is 15.2. The van der Waals surface area contributed by atoms with Crippen molar-refractivity contribution in [2.24, 2.45) is 11.1 Å². The molecule has 0 radical (unpaired) electrons. The molecule has 0 heterocycles. The first kappa shape index (κ1) is 15.4. The molecular weight excluding hydrogens is 270 g/mol. The molecule has 0 atom stereocenters. The van der Waals surface area contributed by atoms with E-state index in [1.165, 1.54) is 27.1 Å². The van der Waals surface area contributed by atoms with E-state index in [1.807, 2.05) is 25.1 Å². The van der Waals surface area contributed by atoms with E-state index in [0.717, 1.165) is 23.5 Å². The van der Waals surface area contributed by atoms with E-state index in [9.17, 15) is 4.79 Å². The van der Waals surface area contributed by atoms with Gasteiger partial charge in [-0.15, -0.1) is 0 Å². The third kappa shape index (κ3) is 4.48. The SMILES string of the molecule is CO/N=C(\Cc1cc(OCC2CC2)ccc1C)C(=O)OC. The first-order valence-corrected chi connectivity index (χ1v) is 7.04.